The van der Waals surface area contributed by atoms with E-state index >= 15 is 0 Å². The quantitative estimate of drug-likeness (QED) is 0.736. The van der Waals surface area contributed by atoms with Crippen LogP contribution in [0.5, 0.6) is 11.6 Å². The largest absolute Gasteiger partial charge is 0.438 e. The molecule has 0 unspecified atom stereocenters. The van der Waals surface area contributed by atoms with Crippen LogP contribution < -0.4 is 14.8 Å². The molecule has 0 fully saturated rings. The number of nitrogens with zero attached hydrogens (tertiary/aromatic N) is 1. The highest BCUT2D eigenvalue weighted by atomic mass is 32.2. The minimum atomic E-state index is -3.33. The Kier molecular flexibility index (Phi) is 6.57. The van der Waals surface area contributed by atoms with Gasteiger partial charge in [0.2, 0.25) is 15.9 Å². The number of ether oxygens (including phenoxy) is 1. The molecule has 2 rings (SSSR count). The lowest BCUT2D eigenvalue weighted by Gasteiger charge is -2.14. The molecule has 1 atom stereocenters. The monoisotopic (exact) mass is 377 g/mol. The fourth-order valence-corrected chi connectivity index (χ4v) is 2.64. The van der Waals surface area contributed by atoms with Gasteiger partial charge in [-0.25, -0.2) is 13.4 Å². The molecule has 0 saturated heterocycles. The minimum absolute atomic E-state index is 0.00611. The number of hydrogen-bond donors (Lipinski definition) is 2. The van der Waals surface area contributed by atoms with Gasteiger partial charge >= 0.3 is 0 Å². The smallest absolute Gasteiger partial charge is 0.256 e. The molecule has 0 radical (unpaired) electrons. The highest BCUT2D eigenvalue weighted by molar-refractivity contribution is 7.92. The lowest BCUT2D eigenvalue weighted by Crippen LogP contribution is -2.32. The zero-order valence-electron chi connectivity index (χ0n) is 15.0. The molecule has 1 heterocycles. The van der Waals surface area contributed by atoms with Crippen LogP contribution in [0.1, 0.15) is 37.6 Å². The number of carbonyl (C=O) groups is 1. The molecule has 140 valence electrons. The number of nitrogens with one attached hydrogen (secondary N) is 2. The van der Waals surface area contributed by atoms with Crippen LogP contribution in [0.2, 0.25) is 0 Å². The minimum Gasteiger partial charge on any atom is -0.438 e. The Morgan fingerprint density at radius 3 is 2.50 bits per heavy atom. The Bertz CT molecular complexity index is 851. The summed E-state index contributed by atoms with van der Waals surface area (Å²) < 4.78 is 31.3. The third-order valence-electron chi connectivity index (χ3n) is 3.73. The first-order valence-electron chi connectivity index (χ1n) is 8.39. The average molecular weight is 377 g/mol. The van der Waals surface area contributed by atoms with Crippen molar-refractivity contribution in [2.75, 3.05) is 10.5 Å². The highest BCUT2D eigenvalue weighted by Crippen LogP contribution is 2.24. The average Bonchev–Trinajstić information content (AvgIpc) is 2.63. The van der Waals surface area contributed by atoms with E-state index in [1.54, 1.807) is 49.5 Å². The number of anilines is 1. The van der Waals surface area contributed by atoms with Crippen molar-refractivity contribution in [3.63, 3.8) is 0 Å². The van der Waals surface area contributed by atoms with Crippen LogP contribution in [0.3, 0.4) is 0 Å². The van der Waals surface area contributed by atoms with Gasteiger partial charge in [-0.1, -0.05) is 6.92 Å². The fourth-order valence-electron chi connectivity index (χ4n) is 2.00. The van der Waals surface area contributed by atoms with Crippen molar-refractivity contribution >= 4 is 21.6 Å². The molecule has 0 bridgehead atoms. The second-order valence-electron chi connectivity index (χ2n) is 5.77. The number of carbonyl (C=O) groups excluding carboxylic acids is 1. The van der Waals surface area contributed by atoms with E-state index < -0.39 is 10.0 Å². The highest BCUT2D eigenvalue weighted by Gasteiger charge is 2.16. The molecule has 1 aromatic carbocycles. The Morgan fingerprint density at radius 2 is 1.88 bits per heavy atom. The van der Waals surface area contributed by atoms with E-state index in [0.29, 0.717) is 17.0 Å². The molecule has 26 heavy (non-hydrogen) atoms. The number of rotatable bonds is 8. The van der Waals surface area contributed by atoms with E-state index in [4.69, 9.17) is 4.74 Å². The van der Waals surface area contributed by atoms with Gasteiger partial charge in [-0.05, 0) is 56.7 Å². The third-order valence-corrected chi connectivity index (χ3v) is 5.03. The molecule has 1 aromatic heterocycles. The topological polar surface area (TPSA) is 97.4 Å². The van der Waals surface area contributed by atoms with Gasteiger partial charge in [0.25, 0.3) is 5.91 Å². The third kappa shape index (κ3) is 5.45. The predicted octanol–water partition coefficient (Wildman–Crippen LogP) is 3.16. The Morgan fingerprint density at radius 1 is 1.19 bits per heavy atom. The summed E-state index contributed by atoms with van der Waals surface area (Å²) in [6, 6.07) is 9.75. The van der Waals surface area contributed by atoms with Gasteiger partial charge in [-0.3, -0.25) is 9.52 Å². The second-order valence-corrected chi connectivity index (χ2v) is 7.78. The van der Waals surface area contributed by atoms with Crippen molar-refractivity contribution in [1.82, 2.24) is 10.3 Å². The summed E-state index contributed by atoms with van der Waals surface area (Å²) in [6.45, 7) is 5.47. The van der Waals surface area contributed by atoms with E-state index in [9.17, 15) is 13.2 Å². The fraction of sp³-hybridized carbons (Fsp3) is 0.333. The van der Waals surface area contributed by atoms with Gasteiger partial charge in [0, 0.05) is 17.9 Å². The first kappa shape index (κ1) is 19.7. The lowest BCUT2D eigenvalue weighted by atomic mass is 10.2. The van der Waals surface area contributed by atoms with Gasteiger partial charge in [0.15, 0.2) is 0 Å². The van der Waals surface area contributed by atoms with Crippen LogP contribution in [-0.2, 0) is 10.0 Å². The van der Waals surface area contributed by atoms with Crippen LogP contribution in [0.4, 0.5) is 5.69 Å². The van der Waals surface area contributed by atoms with Crippen LogP contribution in [0.25, 0.3) is 0 Å². The SMILES string of the molecule is CC[C@H](C)NC(=O)c1cccnc1Oc1ccc(NS(=O)(=O)CC)cc1. The van der Waals surface area contributed by atoms with E-state index in [0.717, 1.165) is 6.42 Å². The van der Waals surface area contributed by atoms with Gasteiger partial charge < -0.3 is 10.1 Å². The number of aromatic nitrogens is 1. The molecule has 1 amide bonds. The Hall–Kier alpha value is -2.61. The molecular weight excluding hydrogens is 354 g/mol. The number of benzene rings is 1. The molecule has 8 heteroatoms. The zero-order chi connectivity index (χ0) is 19.2. The van der Waals surface area contributed by atoms with E-state index in [1.165, 1.54) is 0 Å². The van der Waals surface area contributed by atoms with Crippen molar-refractivity contribution in [3.05, 3.63) is 48.2 Å². The standard InChI is InChI=1S/C18H23N3O4S/c1-4-13(3)20-17(22)16-7-6-12-19-18(16)25-15-10-8-14(9-11-15)21-26(23,24)5-2/h6-13,21H,4-5H2,1-3H3,(H,20,22)/t13-/m0/s1. The van der Waals surface area contributed by atoms with Crippen molar-refractivity contribution in [2.45, 2.75) is 33.2 Å². The van der Waals surface area contributed by atoms with Crippen LogP contribution in [0, 0.1) is 0 Å². The summed E-state index contributed by atoms with van der Waals surface area (Å²) in [7, 11) is -3.33. The molecule has 0 aliphatic heterocycles. The zero-order valence-corrected chi connectivity index (χ0v) is 15.8. The summed E-state index contributed by atoms with van der Waals surface area (Å²) >= 11 is 0. The van der Waals surface area contributed by atoms with Crippen LogP contribution >= 0.6 is 0 Å². The van der Waals surface area contributed by atoms with Crippen molar-refractivity contribution in [2.24, 2.45) is 0 Å². The maximum Gasteiger partial charge on any atom is 0.256 e. The Labute approximate surface area is 153 Å². The predicted molar refractivity (Wildman–Crippen MR) is 101 cm³/mol. The number of sulfonamides is 1. The second kappa shape index (κ2) is 8.66. The summed E-state index contributed by atoms with van der Waals surface area (Å²) in [5.41, 5.74) is 0.776. The van der Waals surface area contributed by atoms with Crippen molar-refractivity contribution in [1.29, 1.82) is 0 Å². The van der Waals surface area contributed by atoms with Crippen LogP contribution in [0.15, 0.2) is 42.6 Å². The van der Waals surface area contributed by atoms with E-state index in [1.807, 2.05) is 13.8 Å². The summed E-state index contributed by atoms with van der Waals surface area (Å²) in [5.74, 6) is 0.374. The van der Waals surface area contributed by atoms with Crippen molar-refractivity contribution < 1.29 is 17.9 Å². The van der Waals surface area contributed by atoms with Gasteiger partial charge in [-0.2, -0.15) is 0 Å². The molecule has 0 aliphatic carbocycles. The maximum absolute atomic E-state index is 12.4. The number of amides is 1. The van der Waals surface area contributed by atoms with Gasteiger partial charge in [0.05, 0.1) is 5.75 Å². The lowest BCUT2D eigenvalue weighted by molar-refractivity contribution is 0.0936. The first-order valence-corrected chi connectivity index (χ1v) is 10.0. The molecule has 7 nitrogen and oxygen atoms in total. The molecule has 0 aliphatic rings. The summed E-state index contributed by atoms with van der Waals surface area (Å²) in [4.78, 5) is 16.5. The normalized spacial score (nSPS) is 12.3. The summed E-state index contributed by atoms with van der Waals surface area (Å²) in [5, 5.41) is 2.88. The van der Waals surface area contributed by atoms with Gasteiger partial charge in [0.1, 0.15) is 11.3 Å². The summed E-state index contributed by atoms with van der Waals surface area (Å²) in [6.07, 6.45) is 2.36. The number of hydrogen-bond acceptors (Lipinski definition) is 5. The molecular formula is C18H23N3O4S. The van der Waals surface area contributed by atoms with E-state index in [-0.39, 0.29) is 23.6 Å². The Balaban J connectivity index is 2.15. The molecule has 2 N–H and O–H groups in total. The molecule has 2 aromatic rings. The van der Waals surface area contributed by atoms with Gasteiger partial charge in [-0.15, -0.1) is 0 Å². The number of pyridine rings is 1. The maximum atomic E-state index is 12.4. The first-order chi connectivity index (χ1) is 12.3. The van der Waals surface area contributed by atoms with Crippen LogP contribution in [-0.4, -0.2) is 31.1 Å². The van der Waals surface area contributed by atoms with Crippen molar-refractivity contribution in [3.8, 4) is 11.6 Å². The molecule has 0 saturated carbocycles. The van der Waals surface area contributed by atoms with E-state index in [2.05, 4.69) is 15.0 Å². The molecule has 0 spiro atoms.